The average molecular weight is 524 g/mol. The number of nitro groups is 1. The fraction of sp³-hybridized carbons (Fsp3) is 0.107. The van der Waals surface area contributed by atoms with E-state index in [0.717, 1.165) is 22.2 Å². The van der Waals surface area contributed by atoms with Gasteiger partial charge >= 0.3 is 0 Å². The molecule has 4 aromatic carbocycles. The fourth-order valence-corrected chi connectivity index (χ4v) is 5.39. The van der Waals surface area contributed by atoms with E-state index < -0.39 is 11.2 Å². The Kier molecular flexibility index (Phi) is 6.01. The predicted molar refractivity (Wildman–Crippen MR) is 142 cm³/mol. The Morgan fingerprint density at radius 3 is 2.68 bits per heavy atom. The molecule has 0 spiro atoms. The predicted octanol–water partition coefficient (Wildman–Crippen LogP) is 5.44. The third-order valence-electron chi connectivity index (χ3n) is 6.48. The van der Waals surface area contributed by atoms with Gasteiger partial charge in [-0.1, -0.05) is 60.7 Å². The van der Waals surface area contributed by atoms with Crippen LogP contribution in [0.5, 0.6) is 5.75 Å². The van der Waals surface area contributed by atoms with E-state index in [4.69, 9.17) is 4.74 Å². The van der Waals surface area contributed by atoms with Gasteiger partial charge in [0.25, 0.3) is 11.6 Å². The first-order valence-electron chi connectivity index (χ1n) is 11.9. The van der Waals surface area contributed by atoms with Gasteiger partial charge in [0.05, 0.1) is 15.4 Å². The van der Waals surface area contributed by atoms with Crippen molar-refractivity contribution in [2.24, 2.45) is 7.05 Å². The summed E-state index contributed by atoms with van der Waals surface area (Å²) in [6.45, 7) is 0. The van der Waals surface area contributed by atoms with Crippen LogP contribution in [0.3, 0.4) is 0 Å². The molecule has 6 rings (SSSR count). The summed E-state index contributed by atoms with van der Waals surface area (Å²) in [7, 11) is 1.85. The number of nitrogens with one attached hydrogen (secondary N) is 1. The Hall–Kier alpha value is -4.70. The minimum Gasteiger partial charge on any atom is -0.466 e. The molecule has 0 fully saturated rings. The van der Waals surface area contributed by atoms with Gasteiger partial charge in [0.15, 0.2) is 11.4 Å². The zero-order chi connectivity index (χ0) is 26.2. The first-order valence-corrected chi connectivity index (χ1v) is 12.7. The molecule has 1 unspecified atom stereocenters. The summed E-state index contributed by atoms with van der Waals surface area (Å²) in [4.78, 5) is 24.4. The highest BCUT2D eigenvalue weighted by atomic mass is 32.2. The van der Waals surface area contributed by atoms with E-state index in [1.165, 1.54) is 17.8 Å². The van der Waals surface area contributed by atoms with Crippen LogP contribution < -0.4 is 10.1 Å². The van der Waals surface area contributed by atoms with Gasteiger partial charge in [0.2, 0.25) is 0 Å². The van der Waals surface area contributed by atoms with Crippen molar-refractivity contribution in [1.82, 2.24) is 20.1 Å². The van der Waals surface area contributed by atoms with Gasteiger partial charge in [-0.2, -0.15) is 0 Å². The Labute approximate surface area is 221 Å². The molecule has 0 aliphatic carbocycles. The van der Waals surface area contributed by atoms with Crippen LogP contribution in [0.2, 0.25) is 0 Å². The van der Waals surface area contributed by atoms with Gasteiger partial charge in [0, 0.05) is 25.1 Å². The van der Waals surface area contributed by atoms with Gasteiger partial charge in [-0.25, -0.2) is 0 Å². The van der Waals surface area contributed by atoms with E-state index in [2.05, 4.69) is 39.8 Å². The van der Waals surface area contributed by atoms with Crippen molar-refractivity contribution < 1.29 is 14.5 Å². The van der Waals surface area contributed by atoms with E-state index in [0.29, 0.717) is 33.3 Å². The van der Waals surface area contributed by atoms with Gasteiger partial charge in [-0.3, -0.25) is 14.9 Å². The lowest BCUT2D eigenvalue weighted by atomic mass is 10.0. The molecule has 1 aromatic heterocycles. The summed E-state index contributed by atoms with van der Waals surface area (Å²) in [5, 5.41) is 26.3. The quantitative estimate of drug-likeness (QED) is 0.233. The number of hydrogen-bond donors (Lipinski definition) is 1. The van der Waals surface area contributed by atoms with Crippen molar-refractivity contribution >= 4 is 34.1 Å². The van der Waals surface area contributed by atoms with Crippen LogP contribution in [0.25, 0.3) is 10.8 Å². The number of carbonyl (C=O) groups is 1. The smallest absolute Gasteiger partial charge is 0.283 e. The highest BCUT2D eigenvalue weighted by molar-refractivity contribution is 7.99. The number of hydrogen-bond acceptors (Lipinski definition) is 7. The first kappa shape index (κ1) is 23.7. The molecular formula is C28H21N5O4S. The molecule has 10 heteroatoms. The van der Waals surface area contributed by atoms with Gasteiger partial charge < -0.3 is 14.6 Å². The third kappa shape index (κ3) is 4.35. The zero-order valence-electron chi connectivity index (χ0n) is 20.2. The summed E-state index contributed by atoms with van der Waals surface area (Å²) in [5.74, 6) is 0.885. The maximum atomic E-state index is 12.5. The standard InChI is InChI=1S/C28H21N5O4S/c1-32-25(16-18-9-6-8-17-7-2-3-10-20(17)18)30-31-28(32)38-24-14-13-19(15-22(24)33(35)36)27-29-26(34)21-11-4-5-12-23(21)37-27/h2-15,27H,16H2,1H3,(H,29,34). The van der Waals surface area contributed by atoms with Crippen LogP contribution in [-0.4, -0.2) is 25.6 Å². The van der Waals surface area contributed by atoms with E-state index >= 15 is 0 Å². The highest BCUT2D eigenvalue weighted by Gasteiger charge is 2.28. The van der Waals surface area contributed by atoms with Crippen molar-refractivity contribution in [3.05, 3.63) is 118 Å². The van der Waals surface area contributed by atoms with E-state index in [9.17, 15) is 14.9 Å². The van der Waals surface area contributed by atoms with Crippen LogP contribution in [0.4, 0.5) is 5.69 Å². The molecule has 0 saturated carbocycles. The number of fused-ring (bicyclic) bond motifs is 2. The van der Waals surface area contributed by atoms with Gasteiger partial charge in [-0.15, -0.1) is 10.2 Å². The minimum absolute atomic E-state index is 0.109. The van der Waals surface area contributed by atoms with Crippen molar-refractivity contribution in [3.8, 4) is 5.75 Å². The van der Waals surface area contributed by atoms with E-state index in [1.807, 2.05) is 29.8 Å². The SMILES string of the molecule is Cn1c(Cc2cccc3ccccc23)nnc1Sc1ccc(C2NC(=O)c3ccccc3O2)cc1[N+](=O)[O-]. The Balaban J connectivity index is 1.26. The molecule has 0 saturated heterocycles. The fourth-order valence-electron chi connectivity index (χ4n) is 4.49. The lowest BCUT2D eigenvalue weighted by molar-refractivity contribution is -0.387. The number of nitro benzene ring substituents is 1. The van der Waals surface area contributed by atoms with Crippen molar-refractivity contribution in [2.45, 2.75) is 22.7 Å². The number of nitrogens with zero attached hydrogens (tertiary/aromatic N) is 4. The number of rotatable bonds is 6. The second kappa shape index (κ2) is 9.64. The molecule has 1 amide bonds. The third-order valence-corrected chi connectivity index (χ3v) is 7.58. The normalized spacial score (nSPS) is 14.6. The number of para-hydroxylation sites is 1. The summed E-state index contributed by atoms with van der Waals surface area (Å²) in [6.07, 6.45) is -0.260. The molecule has 1 aliphatic rings. The number of aromatic nitrogens is 3. The minimum atomic E-state index is -0.836. The number of carbonyl (C=O) groups excluding carboxylic acids is 1. The first-order chi connectivity index (χ1) is 18.5. The summed E-state index contributed by atoms with van der Waals surface area (Å²) < 4.78 is 7.76. The molecule has 1 aliphatic heterocycles. The number of amides is 1. The molecule has 9 nitrogen and oxygen atoms in total. The molecule has 2 heterocycles. The Morgan fingerprint density at radius 2 is 1.82 bits per heavy atom. The van der Waals surface area contributed by atoms with Crippen molar-refractivity contribution in [3.63, 3.8) is 0 Å². The average Bonchev–Trinajstić information content (AvgIpc) is 3.27. The lowest BCUT2D eigenvalue weighted by Gasteiger charge is -2.26. The Morgan fingerprint density at radius 1 is 1.03 bits per heavy atom. The molecule has 1 N–H and O–H groups in total. The van der Waals surface area contributed by atoms with Crippen LogP contribution in [0.15, 0.2) is 95.0 Å². The van der Waals surface area contributed by atoms with Crippen molar-refractivity contribution in [1.29, 1.82) is 0 Å². The summed E-state index contributed by atoms with van der Waals surface area (Å²) in [5.41, 5.74) is 1.91. The monoisotopic (exact) mass is 523 g/mol. The Bertz CT molecular complexity index is 1710. The number of benzene rings is 4. The maximum Gasteiger partial charge on any atom is 0.283 e. The highest BCUT2D eigenvalue weighted by Crippen LogP contribution is 2.37. The van der Waals surface area contributed by atoms with Gasteiger partial charge in [0.1, 0.15) is 11.6 Å². The lowest BCUT2D eigenvalue weighted by Crippen LogP contribution is -2.36. The molecule has 0 bridgehead atoms. The topological polar surface area (TPSA) is 112 Å². The summed E-state index contributed by atoms with van der Waals surface area (Å²) >= 11 is 1.17. The van der Waals surface area contributed by atoms with Crippen LogP contribution >= 0.6 is 11.8 Å². The van der Waals surface area contributed by atoms with E-state index in [1.54, 1.807) is 36.4 Å². The van der Waals surface area contributed by atoms with Crippen molar-refractivity contribution in [2.75, 3.05) is 0 Å². The van der Waals surface area contributed by atoms with Crippen LogP contribution in [0, 0.1) is 10.1 Å². The maximum absolute atomic E-state index is 12.5. The second-order valence-corrected chi connectivity index (χ2v) is 9.84. The zero-order valence-corrected chi connectivity index (χ0v) is 21.0. The molecule has 188 valence electrons. The largest absolute Gasteiger partial charge is 0.466 e. The number of ether oxygens (including phenoxy) is 1. The van der Waals surface area contributed by atoms with Crippen LogP contribution in [-0.2, 0) is 13.5 Å². The molecule has 0 radical (unpaired) electrons. The molecule has 1 atom stereocenters. The van der Waals surface area contributed by atoms with Gasteiger partial charge in [-0.05, 0) is 46.3 Å². The van der Waals surface area contributed by atoms with Crippen LogP contribution in [0.1, 0.15) is 33.5 Å². The van der Waals surface area contributed by atoms with E-state index in [-0.39, 0.29) is 11.6 Å². The summed E-state index contributed by atoms with van der Waals surface area (Å²) in [6, 6.07) is 26.0. The second-order valence-electron chi connectivity index (χ2n) is 8.83. The molecule has 5 aromatic rings. The molecule has 38 heavy (non-hydrogen) atoms. The molecular weight excluding hydrogens is 502 g/mol.